The van der Waals surface area contributed by atoms with Crippen molar-refractivity contribution in [3.8, 4) is 22.4 Å². The van der Waals surface area contributed by atoms with Crippen molar-refractivity contribution in [2.24, 2.45) is 13.0 Å². The first kappa shape index (κ1) is 21.6. The van der Waals surface area contributed by atoms with Gasteiger partial charge in [-0.25, -0.2) is 4.98 Å². The number of anilines is 1. The SMILES string of the molecule is CCC(CC)C1=CNNC(Nc2ccc3ncc(-c4cn(C)nc4-c4ccncc4)cc3n2)=C1. The van der Waals surface area contributed by atoms with Gasteiger partial charge in [-0.2, -0.15) is 5.10 Å². The zero-order chi connectivity index (χ0) is 23.5. The predicted molar refractivity (Wildman–Crippen MR) is 135 cm³/mol. The molecule has 0 atom stereocenters. The van der Waals surface area contributed by atoms with Gasteiger partial charge in [-0.3, -0.25) is 20.1 Å². The lowest BCUT2D eigenvalue weighted by molar-refractivity contribution is 0.564. The molecule has 0 aliphatic carbocycles. The fraction of sp³-hybridized carbons (Fsp3) is 0.231. The van der Waals surface area contributed by atoms with E-state index >= 15 is 0 Å². The highest BCUT2D eigenvalue weighted by Gasteiger charge is 2.15. The van der Waals surface area contributed by atoms with E-state index in [0.717, 1.165) is 57.9 Å². The molecular formula is C26H28N8. The Morgan fingerprint density at radius 3 is 2.65 bits per heavy atom. The molecule has 3 N–H and O–H groups in total. The van der Waals surface area contributed by atoms with Crippen molar-refractivity contribution in [3.63, 3.8) is 0 Å². The number of hydrogen-bond donors (Lipinski definition) is 3. The zero-order valence-electron chi connectivity index (χ0n) is 19.6. The minimum Gasteiger partial charge on any atom is -0.325 e. The molecule has 0 bridgehead atoms. The molecule has 0 radical (unpaired) electrons. The maximum absolute atomic E-state index is 4.84. The Hall–Kier alpha value is -4.20. The van der Waals surface area contributed by atoms with E-state index < -0.39 is 0 Å². The van der Waals surface area contributed by atoms with Gasteiger partial charge in [0, 0.05) is 54.7 Å². The van der Waals surface area contributed by atoms with Gasteiger partial charge in [0.15, 0.2) is 0 Å². The van der Waals surface area contributed by atoms with Gasteiger partial charge in [-0.1, -0.05) is 13.8 Å². The molecule has 8 heteroatoms. The quantitative estimate of drug-likeness (QED) is 0.372. The molecule has 0 saturated carbocycles. The monoisotopic (exact) mass is 452 g/mol. The average molecular weight is 453 g/mol. The highest BCUT2D eigenvalue weighted by atomic mass is 15.4. The summed E-state index contributed by atoms with van der Waals surface area (Å²) in [5, 5.41) is 8.06. The lowest BCUT2D eigenvalue weighted by atomic mass is 9.94. The van der Waals surface area contributed by atoms with Gasteiger partial charge < -0.3 is 10.7 Å². The Morgan fingerprint density at radius 2 is 1.85 bits per heavy atom. The molecule has 0 saturated heterocycles. The molecule has 4 aromatic rings. The van der Waals surface area contributed by atoms with Gasteiger partial charge >= 0.3 is 0 Å². The lowest BCUT2D eigenvalue weighted by Crippen LogP contribution is -2.34. The van der Waals surface area contributed by atoms with Gasteiger partial charge in [0.25, 0.3) is 0 Å². The summed E-state index contributed by atoms with van der Waals surface area (Å²) in [7, 11) is 1.92. The smallest absolute Gasteiger partial charge is 0.132 e. The molecule has 5 heterocycles. The molecular weight excluding hydrogens is 424 g/mol. The first-order valence-corrected chi connectivity index (χ1v) is 11.6. The van der Waals surface area contributed by atoms with Crippen molar-refractivity contribution in [1.29, 1.82) is 0 Å². The summed E-state index contributed by atoms with van der Waals surface area (Å²) in [4.78, 5) is 13.6. The molecule has 0 spiro atoms. The highest BCUT2D eigenvalue weighted by Crippen LogP contribution is 2.31. The fourth-order valence-corrected chi connectivity index (χ4v) is 4.29. The number of aromatic nitrogens is 5. The summed E-state index contributed by atoms with van der Waals surface area (Å²) in [6, 6.07) is 9.91. The maximum Gasteiger partial charge on any atom is 0.132 e. The van der Waals surface area contributed by atoms with Crippen LogP contribution in [0.15, 0.2) is 78.8 Å². The molecule has 1 aliphatic rings. The third-order valence-corrected chi connectivity index (χ3v) is 6.11. The van der Waals surface area contributed by atoms with Crippen LogP contribution in [0, 0.1) is 5.92 Å². The van der Waals surface area contributed by atoms with Crippen LogP contribution in [0.25, 0.3) is 33.4 Å². The lowest BCUT2D eigenvalue weighted by Gasteiger charge is -2.22. The van der Waals surface area contributed by atoms with Crippen LogP contribution in [0.4, 0.5) is 5.82 Å². The van der Waals surface area contributed by atoms with Crippen LogP contribution in [0.2, 0.25) is 0 Å². The molecule has 8 nitrogen and oxygen atoms in total. The van der Waals surface area contributed by atoms with Crippen molar-refractivity contribution in [2.75, 3.05) is 5.32 Å². The Labute approximate surface area is 198 Å². The Morgan fingerprint density at radius 1 is 1.03 bits per heavy atom. The summed E-state index contributed by atoms with van der Waals surface area (Å²) in [6.07, 6.45) is 13.8. The third-order valence-electron chi connectivity index (χ3n) is 6.11. The molecule has 34 heavy (non-hydrogen) atoms. The van der Waals surface area contributed by atoms with Crippen LogP contribution >= 0.6 is 0 Å². The fourth-order valence-electron chi connectivity index (χ4n) is 4.29. The summed E-state index contributed by atoms with van der Waals surface area (Å²) in [5.74, 6) is 2.14. The number of nitrogens with zero attached hydrogens (tertiary/aromatic N) is 5. The number of nitrogens with one attached hydrogen (secondary N) is 3. The first-order chi connectivity index (χ1) is 16.6. The largest absolute Gasteiger partial charge is 0.325 e. The number of pyridine rings is 3. The number of hydrogen-bond acceptors (Lipinski definition) is 7. The van der Waals surface area contributed by atoms with Gasteiger partial charge in [-0.15, -0.1) is 0 Å². The van der Waals surface area contributed by atoms with Crippen LogP contribution < -0.4 is 16.2 Å². The van der Waals surface area contributed by atoms with E-state index in [1.807, 2.05) is 54.6 Å². The van der Waals surface area contributed by atoms with E-state index in [2.05, 4.69) is 57.2 Å². The third kappa shape index (κ3) is 4.34. The number of aryl methyl sites for hydroxylation is 1. The first-order valence-electron chi connectivity index (χ1n) is 11.6. The number of hydrazine groups is 1. The van der Waals surface area contributed by atoms with E-state index in [1.165, 1.54) is 5.57 Å². The van der Waals surface area contributed by atoms with Gasteiger partial charge in [0.1, 0.15) is 17.3 Å². The minimum atomic E-state index is 0.525. The van der Waals surface area contributed by atoms with Crippen LogP contribution in [0.1, 0.15) is 26.7 Å². The molecule has 5 rings (SSSR count). The molecule has 0 aromatic carbocycles. The Kier molecular flexibility index (Phi) is 5.95. The van der Waals surface area contributed by atoms with Crippen molar-refractivity contribution in [2.45, 2.75) is 26.7 Å². The standard InChI is InChI=1S/C26H28N8/c1-4-17(5-2)19-13-25(32-29-15-19)31-24-7-6-22-23(30-24)12-20(14-28-22)21-16-34(3)33-26(21)18-8-10-27-11-9-18/h6-17,29,32H,4-5H2,1-3H3,(H,30,31). The van der Waals surface area contributed by atoms with Gasteiger partial charge in [-0.05, 0) is 60.7 Å². The van der Waals surface area contributed by atoms with Crippen LogP contribution in [0.3, 0.4) is 0 Å². The van der Waals surface area contributed by atoms with Gasteiger partial charge in [0.05, 0.1) is 11.0 Å². The number of fused-ring (bicyclic) bond motifs is 1. The Bertz CT molecular complexity index is 1370. The minimum absolute atomic E-state index is 0.525. The summed E-state index contributed by atoms with van der Waals surface area (Å²) < 4.78 is 1.82. The van der Waals surface area contributed by atoms with Crippen molar-refractivity contribution in [1.82, 2.24) is 35.6 Å². The van der Waals surface area contributed by atoms with E-state index in [-0.39, 0.29) is 0 Å². The molecule has 172 valence electrons. The van der Waals surface area contributed by atoms with Crippen LogP contribution in [-0.4, -0.2) is 24.7 Å². The molecule has 4 aromatic heterocycles. The molecule has 0 unspecified atom stereocenters. The normalized spacial score (nSPS) is 13.3. The Balaban J connectivity index is 1.46. The number of rotatable bonds is 7. The van der Waals surface area contributed by atoms with Gasteiger partial charge in [0.2, 0.25) is 0 Å². The van der Waals surface area contributed by atoms with Crippen LogP contribution in [0.5, 0.6) is 0 Å². The van der Waals surface area contributed by atoms with E-state index in [4.69, 9.17) is 4.98 Å². The van der Waals surface area contributed by atoms with Crippen molar-refractivity contribution >= 4 is 16.9 Å². The second-order valence-corrected chi connectivity index (χ2v) is 8.37. The molecule has 0 fully saturated rings. The van der Waals surface area contributed by atoms with E-state index in [1.54, 1.807) is 12.4 Å². The summed E-state index contributed by atoms with van der Waals surface area (Å²) in [6.45, 7) is 4.44. The average Bonchev–Trinajstić information content (AvgIpc) is 3.27. The summed E-state index contributed by atoms with van der Waals surface area (Å²) in [5.41, 5.74) is 13.1. The second-order valence-electron chi connectivity index (χ2n) is 8.37. The van der Waals surface area contributed by atoms with Crippen molar-refractivity contribution < 1.29 is 0 Å². The molecule has 1 aliphatic heterocycles. The van der Waals surface area contributed by atoms with E-state index in [0.29, 0.717) is 5.92 Å². The number of allylic oxidation sites excluding steroid dienone is 2. The topological polar surface area (TPSA) is 92.6 Å². The molecule has 0 amide bonds. The second kappa shape index (κ2) is 9.35. The predicted octanol–water partition coefficient (Wildman–Crippen LogP) is 4.77. The maximum atomic E-state index is 4.84. The zero-order valence-corrected chi connectivity index (χ0v) is 19.6. The van der Waals surface area contributed by atoms with E-state index in [9.17, 15) is 0 Å². The van der Waals surface area contributed by atoms with Crippen molar-refractivity contribution in [3.05, 3.63) is 78.8 Å². The summed E-state index contributed by atoms with van der Waals surface area (Å²) >= 11 is 0. The highest BCUT2D eigenvalue weighted by molar-refractivity contribution is 5.86. The van der Waals surface area contributed by atoms with Crippen LogP contribution in [-0.2, 0) is 7.05 Å².